The first-order chi connectivity index (χ1) is 10.9. The van der Waals surface area contributed by atoms with Gasteiger partial charge in [-0.15, -0.1) is 0 Å². The number of hydrogen-bond acceptors (Lipinski definition) is 4. The van der Waals surface area contributed by atoms with Gasteiger partial charge in [-0.05, 0) is 46.0 Å². The van der Waals surface area contributed by atoms with Gasteiger partial charge in [0.2, 0.25) is 0 Å². The molecule has 0 spiro atoms. The summed E-state index contributed by atoms with van der Waals surface area (Å²) in [4.78, 5) is 11.8. The number of aliphatic hydroxyl groups is 1. The summed E-state index contributed by atoms with van der Waals surface area (Å²) >= 11 is 3.27. The molecular formula is C16H20BrF3O4. The third-order valence-electron chi connectivity index (χ3n) is 3.71. The summed E-state index contributed by atoms with van der Waals surface area (Å²) in [5.74, 6) is -1.26. The summed E-state index contributed by atoms with van der Waals surface area (Å²) in [5, 5.41) is 10.1. The van der Waals surface area contributed by atoms with E-state index in [9.17, 15) is 23.1 Å². The van der Waals surface area contributed by atoms with E-state index >= 15 is 0 Å². The maximum absolute atomic E-state index is 13.4. The molecule has 0 aromatic heterocycles. The topological polar surface area (TPSA) is 55.8 Å². The predicted octanol–water partition coefficient (Wildman–Crippen LogP) is 3.98. The van der Waals surface area contributed by atoms with Gasteiger partial charge >= 0.3 is 12.1 Å². The number of ether oxygens (including phenoxy) is 2. The molecule has 1 aromatic carbocycles. The van der Waals surface area contributed by atoms with Crippen LogP contribution in [0.25, 0.3) is 0 Å². The molecule has 0 aliphatic carbocycles. The first-order valence-corrected chi connectivity index (χ1v) is 7.98. The standard InChI is InChI=1S/C16H20BrF3O4/c1-5-24-13(21)15(22,16(18,19)20)9-14(2,3)10-6-7-11(17)12(8-10)23-4/h6-8,22H,5,9H2,1-4H3. The van der Waals surface area contributed by atoms with Gasteiger partial charge in [0, 0.05) is 6.42 Å². The lowest BCUT2D eigenvalue weighted by Crippen LogP contribution is -2.55. The van der Waals surface area contributed by atoms with Crippen molar-refractivity contribution in [2.75, 3.05) is 13.7 Å². The monoisotopic (exact) mass is 412 g/mol. The number of alkyl halides is 3. The molecule has 0 radical (unpaired) electrons. The molecule has 0 bridgehead atoms. The zero-order chi connectivity index (χ0) is 18.8. The highest BCUT2D eigenvalue weighted by Gasteiger charge is 2.62. The Hall–Kier alpha value is -1.28. The van der Waals surface area contributed by atoms with E-state index in [0.717, 1.165) is 0 Å². The Kier molecular flexibility index (Phi) is 6.32. The Morgan fingerprint density at radius 1 is 1.29 bits per heavy atom. The summed E-state index contributed by atoms with van der Waals surface area (Å²) in [6.07, 6.45) is -6.04. The number of carbonyl (C=O) groups is 1. The van der Waals surface area contributed by atoms with Gasteiger partial charge in [-0.3, -0.25) is 0 Å². The Morgan fingerprint density at radius 3 is 2.33 bits per heavy atom. The number of rotatable bonds is 6. The van der Waals surface area contributed by atoms with Gasteiger partial charge in [0.15, 0.2) is 0 Å². The van der Waals surface area contributed by atoms with Crippen LogP contribution >= 0.6 is 15.9 Å². The molecule has 1 rings (SSSR count). The average molecular weight is 413 g/mol. The number of benzene rings is 1. The van der Waals surface area contributed by atoms with Crippen LogP contribution in [0.3, 0.4) is 0 Å². The van der Waals surface area contributed by atoms with Crippen LogP contribution in [-0.4, -0.2) is 36.6 Å². The fourth-order valence-corrected chi connectivity index (χ4v) is 2.77. The molecule has 0 heterocycles. The molecule has 1 N–H and O–H groups in total. The maximum atomic E-state index is 13.4. The molecular weight excluding hydrogens is 393 g/mol. The Morgan fingerprint density at radius 2 is 1.88 bits per heavy atom. The highest BCUT2D eigenvalue weighted by atomic mass is 79.9. The van der Waals surface area contributed by atoms with Crippen LogP contribution in [0.4, 0.5) is 13.2 Å². The SMILES string of the molecule is CCOC(=O)C(O)(CC(C)(C)c1ccc(Br)c(OC)c1)C(F)(F)F. The summed E-state index contributed by atoms with van der Waals surface area (Å²) < 4.78 is 50.3. The molecule has 0 fully saturated rings. The van der Waals surface area contributed by atoms with Gasteiger partial charge in [0.25, 0.3) is 5.60 Å². The Balaban J connectivity index is 3.28. The van der Waals surface area contributed by atoms with Crippen LogP contribution < -0.4 is 4.74 Å². The number of methoxy groups -OCH3 is 1. The summed E-state index contributed by atoms with van der Waals surface area (Å²) in [5.41, 5.74) is -4.29. The van der Waals surface area contributed by atoms with E-state index in [4.69, 9.17) is 4.74 Å². The molecule has 24 heavy (non-hydrogen) atoms. The second-order valence-electron chi connectivity index (χ2n) is 5.99. The molecule has 4 nitrogen and oxygen atoms in total. The lowest BCUT2D eigenvalue weighted by molar-refractivity contribution is -0.267. The fourth-order valence-electron chi connectivity index (χ4n) is 2.36. The van der Waals surface area contributed by atoms with Gasteiger partial charge in [-0.1, -0.05) is 19.9 Å². The molecule has 0 amide bonds. The van der Waals surface area contributed by atoms with Crippen molar-refractivity contribution in [3.63, 3.8) is 0 Å². The van der Waals surface area contributed by atoms with Crippen molar-refractivity contribution in [2.24, 2.45) is 0 Å². The Bertz CT molecular complexity index is 601. The van der Waals surface area contributed by atoms with Gasteiger partial charge in [0.05, 0.1) is 18.2 Å². The van der Waals surface area contributed by atoms with Gasteiger partial charge in [0.1, 0.15) is 5.75 Å². The van der Waals surface area contributed by atoms with E-state index in [1.54, 1.807) is 18.2 Å². The van der Waals surface area contributed by atoms with Gasteiger partial charge < -0.3 is 14.6 Å². The van der Waals surface area contributed by atoms with E-state index in [2.05, 4.69) is 20.7 Å². The molecule has 0 aliphatic rings. The lowest BCUT2D eigenvalue weighted by Gasteiger charge is -2.36. The molecule has 1 unspecified atom stereocenters. The Labute approximate surface area is 147 Å². The quantitative estimate of drug-likeness (QED) is 0.717. The number of halogens is 4. The largest absolute Gasteiger partial charge is 0.496 e. The summed E-state index contributed by atoms with van der Waals surface area (Å²) in [6, 6.07) is 4.80. The summed E-state index contributed by atoms with van der Waals surface area (Å²) in [6.45, 7) is 4.13. The van der Waals surface area contributed by atoms with Gasteiger partial charge in [-0.2, -0.15) is 13.2 Å². The average Bonchev–Trinajstić information content (AvgIpc) is 2.46. The van der Waals surface area contributed by atoms with Crippen LogP contribution in [0, 0.1) is 0 Å². The van der Waals surface area contributed by atoms with Crippen molar-refractivity contribution >= 4 is 21.9 Å². The normalized spacial score (nSPS) is 14.9. The van der Waals surface area contributed by atoms with Crippen LogP contribution in [0.2, 0.25) is 0 Å². The predicted molar refractivity (Wildman–Crippen MR) is 86.0 cm³/mol. The molecule has 0 saturated heterocycles. The van der Waals surface area contributed by atoms with Crippen molar-refractivity contribution in [1.29, 1.82) is 0 Å². The number of esters is 1. The van der Waals surface area contributed by atoms with Crippen LogP contribution in [0.1, 0.15) is 32.8 Å². The summed E-state index contributed by atoms with van der Waals surface area (Å²) in [7, 11) is 1.43. The highest BCUT2D eigenvalue weighted by Crippen LogP contribution is 2.43. The van der Waals surface area contributed by atoms with Crippen molar-refractivity contribution < 1.29 is 32.5 Å². The maximum Gasteiger partial charge on any atom is 0.428 e. The van der Waals surface area contributed by atoms with Crippen molar-refractivity contribution in [3.8, 4) is 5.75 Å². The zero-order valence-electron chi connectivity index (χ0n) is 13.8. The minimum Gasteiger partial charge on any atom is -0.496 e. The molecule has 1 atom stereocenters. The molecule has 1 aromatic rings. The minimum absolute atomic E-state index is 0.260. The second-order valence-corrected chi connectivity index (χ2v) is 6.84. The number of carbonyl (C=O) groups excluding carboxylic acids is 1. The molecule has 0 aliphatic heterocycles. The third-order valence-corrected chi connectivity index (χ3v) is 4.37. The first-order valence-electron chi connectivity index (χ1n) is 7.19. The van der Waals surface area contributed by atoms with E-state index in [0.29, 0.717) is 15.8 Å². The fraction of sp³-hybridized carbons (Fsp3) is 0.562. The molecule has 0 saturated carbocycles. The first kappa shape index (κ1) is 20.8. The van der Waals surface area contributed by atoms with Crippen LogP contribution in [-0.2, 0) is 14.9 Å². The van der Waals surface area contributed by atoms with E-state index in [1.807, 2.05) is 0 Å². The smallest absolute Gasteiger partial charge is 0.428 e. The second kappa shape index (κ2) is 7.31. The molecule has 8 heteroatoms. The van der Waals surface area contributed by atoms with E-state index in [1.165, 1.54) is 27.9 Å². The number of hydrogen-bond donors (Lipinski definition) is 1. The minimum atomic E-state index is -5.16. The third kappa shape index (κ3) is 4.22. The molecule has 136 valence electrons. The van der Waals surface area contributed by atoms with E-state index < -0.39 is 29.6 Å². The highest BCUT2D eigenvalue weighted by molar-refractivity contribution is 9.10. The van der Waals surface area contributed by atoms with Crippen molar-refractivity contribution in [2.45, 2.75) is 44.4 Å². The van der Waals surface area contributed by atoms with Crippen LogP contribution in [0.15, 0.2) is 22.7 Å². The lowest BCUT2D eigenvalue weighted by atomic mass is 9.75. The zero-order valence-corrected chi connectivity index (χ0v) is 15.4. The van der Waals surface area contributed by atoms with Crippen LogP contribution in [0.5, 0.6) is 5.75 Å². The van der Waals surface area contributed by atoms with E-state index in [-0.39, 0.29) is 6.61 Å². The van der Waals surface area contributed by atoms with Gasteiger partial charge in [-0.25, -0.2) is 4.79 Å². The van der Waals surface area contributed by atoms with Crippen molar-refractivity contribution in [1.82, 2.24) is 0 Å². The van der Waals surface area contributed by atoms with Crippen molar-refractivity contribution in [3.05, 3.63) is 28.2 Å².